The van der Waals surface area contributed by atoms with Crippen LogP contribution in [0.3, 0.4) is 0 Å². The Kier molecular flexibility index (Phi) is 3.74. The van der Waals surface area contributed by atoms with Crippen molar-refractivity contribution in [2.75, 3.05) is 20.7 Å². The monoisotopic (exact) mass is 219 g/mol. The van der Waals surface area contributed by atoms with Crippen molar-refractivity contribution >= 4 is 23.7 Å². The molecule has 2 heterocycles. The summed E-state index contributed by atoms with van der Waals surface area (Å²) in [5, 5.41) is 2.15. The molecular weight excluding hydrogens is 206 g/mol. The van der Waals surface area contributed by atoms with E-state index < -0.39 is 0 Å². The van der Waals surface area contributed by atoms with E-state index in [0.717, 1.165) is 13.0 Å². The molecule has 1 aromatic heterocycles. The number of fused-ring (bicyclic) bond motifs is 1. The second-order valence-corrected chi connectivity index (χ2v) is 4.19. The number of thiophene rings is 1. The third-order valence-electron chi connectivity index (χ3n) is 2.12. The van der Waals surface area contributed by atoms with Crippen molar-refractivity contribution in [3.05, 3.63) is 21.9 Å². The van der Waals surface area contributed by atoms with Crippen LogP contribution >= 0.6 is 23.7 Å². The van der Waals surface area contributed by atoms with Crippen molar-refractivity contribution in [1.29, 1.82) is 0 Å². The normalized spacial score (nSPS) is 21.0. The largest absolute Gasteiger partial charge is 0.358 e. The lowest BCUT2D eigenvalue weighted by Gasteiger charge is -2.28. The van der Waals surface area contributed by atoms with Gasteiger partial charge in [-0.25, -0.2) is 0 Å². The number of ether oxygens (including phenoxy) is 1. The van der Waals surface area contributed by atoms with Crippen LogP contribution in [-0.2, 0) is 11.2 Å². The van der Waals surface area contributed by atoms with Gasteiger partial charge in [-0.15, -0.1) is 23.7 Å². The first-order valence-electron chi connectivity index (χ1n) is 4.13. The predicted octanol–water partition coefficient (Wildman–Crippen LogP) is 2.30. The summed E-state index contributed by atoms with van der Waals surface area (Å²) in [6.45, 7) is 0.854. The maximum atomic E-state index is 5.66. The molecule has 1 aliphatic rings. The van der Waals surface area contributed by atoms with Crippen molar-refractivity contribution in [2.24, 2.45) is 0 Å². The third kappa shape index (κ3) is 2.05. The van der Waals surface area contributed by atoms with Crippen LogP contribution in [0.4, 0.5) is 0 Å². The minimum atomic E-state index is 0. The topological polar surface area (TPSA) is 12.5 Å². The molecule has 2 nitrogen and oxygen atoms in total. The molecule has 0 unspecified atom stereocenters. The molecule has 0 saturated carbocycles. The van der Waals surface area contributed by atoms with E-state index in [-0.39, 0.29) is 18.6 Å². The van der Waals surface area contributed by atoms with Crippen LogP contribution in [0.15, 0.2) is 11.4 Å². The van der Waals surface area contributed by atoms with Crippen LogP contribution in [0, 0.1) is 0 Å². The van der Waals surface area contributed by atoms with Crippen LogP contribution < -0.4 is 0 Å². The Morgan fingerprint density at radius 3 is 3.00 bits per heavy atom. The van der Waals surface area contributed by atoms with E-state index in [0.29, 0.717) is 0 Å². The van der Waals surface area contributed by atoms with Gasteiger partial charge in [-0.2, -0.15) is 0 Å². The van der Waals surface area contributed by atoms with E-state index in [1.165, 1.54) is 10.4 Å². The fraction of sp³-hybridized carbons (Fsp3) is 0.556. The molecule has 0 spiro atoms. The first kappa shape index (κ1) is 11.0. The maximum Gasteiger partial charge on any atom is 0.145 e. The summed E-state index contributed by atoms with van der Waals surface area (Å²) in [6, 6.07) is 2.21. The fourth-order valence-corrected chi connectivity index (χ4v) is 2.61. The molecule has 0 radical (unpaired) electrons. The standard InChI is InChI=1S/C9H13NOS.ClH/c1-10(2)9-8-7(3-5-11-9)4-6-12-8;/h4,6,9H,3,5H2,1-2H3;1H/t9-;/m0./s1. The van der Waals surface area contributed by atoms with Crippen LogP contribution in [0.2, 0.25) is 0 Å². The molecular formula is C9H14ClNOS. The Balaban J connectivity index is 0.000000845. The lowest BCUT2D eigenvalue weighted by atomic mass is 10.1. The summed E-state index contributed by atoms with van der Waals surface area (Å²) in [7, 11) is 4.11. The summed E-state index contributed by atoms with van der Waals surface area (Å²) < 4.78 is 5.66. The predicted molar refractivity (Wildman–Crippen MR) is 57.7 cm³/mol. The molecule has 0 saturated heterocycles. The molecule has 0 amide bonds. The Morgan fingerprint density at radius 2 is 2.31 bits per heavy atom. The second-order valence-electron chi connectivity index (χ2n) is 3.25. The quantitative estimate of drug-likeness (QED) is 0.719. The number of hydrogen-bond donors (Lipinski definition) is 0. The number of nitrogens with zero attached hydrogens (tertiary/aromatic N) is 1. The highest BCUT2D eigenvalue weighted by molar-refractivity contribution is 7.10. The zero-order valence-corrected chi connectivity index (χ0v) is 9.45. The minimum Gasteiger partial charge on any atom is -0.358 e. The molecule has 2 rings (SSSR count). The third-order valence-corrected chi connectivity index (χ3v) is 3.11. The van der Waals surface area contributed by atoms with E-state index in [1.54, 1.807) is 11.3 Å². The molecule has 0 bridgehead atoms. The number of hydrogen-bond acceptors (Lipinski definition) is 3. The van der Waals surface area contributed by atoms with Gasteiger partial charge in [0.1, 0.15) is 6.23 Å². The summed E-state index contributed by atoms with van der Waals surface area (Å²) in [5.41, 5.74) is 1.46. The summed E-state index contributed by atoms with van der Waals surface area (Å²) in [6.07, 6.45) is 1.26. The smallest absolute Gasteiger partial charge is 0.145 e. The average Bonchev–Trinajstić information content (AvgIpc) is 2.49. The van der Waals surface area contributed by atoms with E-state index >= 15 is 0 Å². The number of halogens is 1. The molecule has 0 fully saturated rings. The fourth-order valence-electron chi connectivity index (χ4n) is 1.51. The van der Waals surface area contributed by atoms with Crippen molar-refractivity contribution in [2.45, 2.75) is 12.6 Å². The van der Waals surface area contributed by atoms with Gasteiger partial charge in [0.05, 0.1) is 11.5 Å². The average molecular weight is 220 g/mol. The zero-order chi connectivity index (χ0) is 8.55. The Labute approximate surface area is 88.9 Å². The number of rotatable bonds is 1. The Hall–Kier alpha value is -0.0900. The molecule has 13 heavy (non-hydrogen) atoms. The van der Waals surface area contributed by atoms with Crippen molar-refractivity contribution < 1.29 is 4.74 Å². The van der Waals surface area contributed by atoms with Gasteiger partial charge in [-0.05, 0) is 37.5 Å². The second kappa shape index (κ2) is 4.42. The van der Waals surface area contributed by atoms with Gasteiger partial charge in [0.25, 0.3) is 0 Å². The SMILES string of the molecule is CN(C)[C@H]1OCCc2ccsc21.Cl. The highest BCUT2D eigenvalue weighted by Crippen LogP contribution is 2.32. The van der Waals surface area contributed by atoms with Gasteiger partial charge in [-0.3, -0.25) is 4.90 Å². The van der Waals surface area contributed by atoms with Crippen molar-refractivity contribution in [3.8, 4) is 0 Å². The first-order chi connectivity index (χ1) is 5.79. The van der Waals surface area contributed by atoms with Gasteiger partial charge < -0.3 is 4.74 Å². The minimum absolute atomic E-state index is 0. The van der Waals surface area contributed by atoms with Crippen LogP contribution in [0.25, 0.3) is 0 Å². The van der Waals surface area contributed by atoms with Crippen LogP contribution in [0.5, 0.6) is 0 Å². The summed E-state index contributed by atoms with van der Waals surface area (Å²) >= 11 is 1.80. The molecule has 4 heteroatoms. The Bertz CT molecular complexity index is 274. The van der Waals surface area contributed by atoms with Crippen molar-refractivity contribution in [3.63, 3.8) is 0 Å². The van der Waals surface area contributed by atoms with E-state index in [1.807, 2.05) is 0 Å². The first-order valence-corrected chi connectivity index (χ1v) is 5.01. The molecule has 0 N–H and O–H groups in total. The zero-order valence-electron chi connectivity index (χ0n) is 7.82. The maximum absolute atomic E-state index is 5.66. The van der Waals surface area contributed by atoms with Gasteiger partial charge in [0, 0.05) is 0 Å². The molecule has 0 aliphatic carbocycles. The van der Waals surface area contributed by atoms with Gasteiger partial charge >= 0.3 is 0 Å². The van der Waals surface area contributed by atoms with Crippen LogP contribution in [-0.4, -0.2) is 25.6 Å². The lowest BCUT2D eigenvalue weighted by molar-refractivity contribution is -0.0441. The van der Waals surface area contributed by atoms with Crippen molar-refractivity contribution in [1.82, 2.24) is 4.90 Å². The van der Waals surface area contributed by atoms with Gasteiger partial charge in [0.15, 0.2) is 0 Å². The molecule has 1 aliphatic heterocycles. The molecule has 74 valence electrons. The van der Waals surface area contributed by atoms with E-state index in [4.69, 9.17) is 4.74 Å². The lowest BCUT2D eigenvalue weighted by Crippen LogP contribution is -2.26. The Morgan fingerprint density at radius 1 is 1.54 bits per heavy atom. The van der Waals surface area contributed by atoms with Gasteiger partial charge in [0.2, 0.25) is 0 Å². The highest BCUT2D eigenvalue weighted by atomic mass is 35.5. The summed E-state index contributed by atoms with van der Waals surface area (Å²) in [5.74, 6) is 0. The summed E-state index contributed by atoms with van der Waals surface area (Å²) in [4.78, 5) is 3.50. The van der Waals surface area contributed by atoms with E-state index in [9.17, 15) is 0 Å². The van der Waals surface area contributed by atoms with Gasteiger partial charge in [-0.1, -0.05) is 0 Å². The molecule has 0 aromatic carbocycles. The van der Waals surface area contributed by atoms with E-state index in [2.05, 4.69) is 30.4 Å². The highest BCUT2D eigenvalue weighted by Gasteiger charge is 2.23. The molecule has 1 aromatic rings. The van der Waals surface area contributed by atoms with Crippen LogP contribution in [0.1, 0.15) is 16.7 Å². The molecule has 1 atom stereocenters.